The van der Waals surface area contributed by atoms with Gasteiger partial charge in [0.05, 0.1) is 0 Å². The molecule has 0 fully saturated rings. The van der Waals surface area contributed by atoms with Gasteiger partial charge >= 0.3 is 0 Å². The summed E-state index contributed by atoms with van der Waals surface area (Å²) in [6.07, 6.45) is 1.44. The first-order valence-electron chi connectivity index (χ1n) is 8.12. The third-order valence-electron chi connectivity index (χ3n) is 3.74. The minimum Gasteiger partial charge on any atom is -0.437 e. The van der Waals surface area contributed by atoms with Gasteiger partial charge in [0.15, 0.2) is 5.82 Å². The molecule has 0 aliphatic rings. The van der Waals surface area contributed by atoms with E-state index in [1.54, 1.807) is 0 Å². The zero-order valence-corrected chi connectivity index (χ0v) is 14.9. The number of anilines is 3. The van der Waals surface area contributed by atoms with Crippen LogP contribution in [0.2, 0.25) is 0 Å². The maximum atomic E-state index is 6.22. The average molecular weight is 334 g/mol. The van der Waals surface area contributed by atoms with Crippen molar-refractivity contribution in [1.82, 2.24) is 9.97 Å². The lowest BCUT2D eigenvalue weighted by atomic mass is 10.1. The molecule has 0 bridgehead atoms. The number of rotatable bonds is 4. The number of ether oxygens (including phenoxy) is 1. The molecule has 128 valence electrons. The molecule has 25 heavy (non-hydrogen) atoms. The molecule has 0 spiro atoms. The van der Waals surface area contributed by atoms with Crippen molar-refractivity contribution in [3.63, 3.8) is 0 Å². The highest BCUT2D eigenvalue weighted by Crippen LogP contribution is 2.32. The Labute approximate surface area is 147 Å². The maximum Gasteiger partial charge on any atom is 0.248 e. The van der Waals surface area contributed by atoms with Crippen LogP contribution in [0.1, 0.15) is 22.3 Å². The van der Waals surface area contributed by atoms with E-state index in [0.29, 0.717) is 23.1 Å². The Morgan fingerprint density at radius 2 is 1.36 bits per heavy atom. The van der Waals surface area contributed by atoms with Gasteiger partial charge in [-0.2, -0.15) is 4.98 Å². The molecule has 2 aromatic carbocycles. The fraction of sp³-hybridized carbons (Fsp3) is 0.200. The van der Waals surface area contributed by atoms with Crippen molar-refractivity contribution in [3.8, 4) is 11.6 Å². The van der Waals surface area contributed by atoms with Crippen LogP contribution < -0.4 is 15.8 Å². The second kappa shape index (κ2) is 6.81. The number of aromatic nitrogens is 2. The summed E-state index contributed by atoms with van der Waals surface area (Å²) < 4.78 is 5.88. The number of nitrogens with two attached hydrogens (primary N) is 1. The summed E-state index contributed by atoms with van der Waals surface area (Å²) in [5.74, 6) is 1.58. The Morgan fingerprint density at radius 3 is 1.96 bits per heavy atom. The summed E-state index contributed by atoms with van der Waals surface area (Å²) in [6.45, 7) is 8.15. The number of nitrogen functional groups attached to an aromatic ring is 1. The summed E-state index contributed by atoms with van der Waals surface area (Å²) in [7, 11) is 0. The molecular weight excluding hydrogens is 312 g/mol. The lowest BCUT2D eigenvalue weighted by Gasteiger charge is -2.13. The molecule has 0 saturated carbocycles. The normalized spacial score (nSPS) is 10.6. The zero-order chi connectivity index (χ0) is 18.0. The van der Waals surface area contributed by atoms with Crippen LogP contribution in [0.4, 0.5) is 17.2 Å². The van der Waals surface area contributed by atoms with E-state index in [2.05, 4.69) is 41.3 Å². The molecule has 0 radical (unpaired) electrons. The molecule has 3 aromatic rings. The molecule has 3 rings (SSSR count). The highest BCUT2D eigenvalue weighted by molar-refractivity contribution is 5.72. The topological polar surface area (TPSA) is 73.1 Å². The van der Waals surface area contributed by atoms with E-state index in [1.807, 2.05) is 38.1 Å². The van der Waals surface area contributed by atoms with Gasteiger partial charge in [-0.15, -0.1) is 0 Å². The third-order valence-corrected chi connectivity index (χ3v) is 3.74. The number of hydrogen-bond acceptors (Lipinski definition) is 5. The minimum atomic E-state index is 0.340. The molecule has 0 aliphatic carbocycles. The fourth-order valence-electron chi connectivity index (χ4n) is 2.85. The summed E-state index contributed by atoms with van der Waals surface area (Å²) in [5.41, 5.74) is 12.1. The van der Waals surface area contributed by atoms with Gasteiger partial charge in [0.25, 0.3) is 0 Å². The van der Waals surface area contributed by atoms with E-state index in [1.165, 1.54) is 17.5 Å². The van der Waals surface area contributed by atoms with Crippen LogP contribution in [0.25, 0.3) is 0 Å². The molecule has 5 heteroatoms. The predicted octanol–water partition coefficient (Wildman–Crippen LogP) is 4.83. The number of nitrogens with zero attached hydrogens (tertiary/aromatic N) is 2. The van der Waals surface area contributed by atoms with Crippen LogP contribution in [-0.4, -0.2) is 9.97 Å². The molecule has 0 atom stereocenters. The number of benzene rings is 2. The van der Waals surface area contributed by atoms with E-state index >= 15 is 0 Å². The molecule has 5 nitrogen and oxygen atoms in total. The van der Waals surface area contributed by atoms with E-state index in [0.717, 1.165) is 16.8 Å². The van der Waals surface area contributed by atoms with Crippen LogP contribution in [-0.2, 0) is 0 Å². The first-order chi connectivity index (χ1) is 11.9. The summed E-state index contributed by atoms with van der Waals surface area (Å²) in [5, 5.41) is 3.25. The summed E-state index contributed by atoms with van der Waals surface area (Å²) in [4.78, 5) is 8.42. The highest BCUT2D eigenvalue weighted by atomic mass is 16.5. The van der Waals surface area contributed by atoms with Gasteiger partial charge < -0.3 is 15.8 Å². The first-order valence-corrected chi connectivity index (χ1v) is 8.12. The van der Waals surface area contributed by atoms with Gasteiger partial charge in [-0.3, -0.25) is 0 Å². The van der Waals surface area contributed by atoms with Gasteiger partial charge in [-0.05, 0) is 74.2 Å². The first kappa shape index (κ1) is 16.8. The Hall–Kier alpha value is -3.08. The highest BCUT2D eigenvalue weighted by Gasteiger charge is 2.11. The summed E-state index contributed by atoms with van der Waals surface area (Å²) >= 11 is 0. The van der Waals surface area contributed by atoms with E-state index < -0.39 is 0 Å². The van der Waals surface area contributed by atoms with Crippen molar-refractivity contribution in [1.29, 1.82) is 0 Å². The van der Waals surface area contributed by atoms with Crippen LogP contribution >= 0.6 is 0 Å². The van der Waals surface area contributed by atoms with Crippen molar-refractivity contribution in [2.75, 3.05) is 11.1 Å². The maximum absolute atomic E-state index is 6.22. The van der Waals surface area contributed by atoms with Crippen molar-refractivity contribution in [3.05, 3.63) is 65.0 Å². The minimum absolute atomic E-state index is 0.340. The molecule has 0 amide bonds. The summed E-state index contributed by atoms with van der Waals surface area (Å²) in [6, 6.07) is 12.2. The van der Waals surface area contributed by atoms with Crippen LogP contribution in [0, 0.1) is 27.7 Å². The van der Waals surface area contributed by atoms with Gasteiger partial charge in [0.1, 0.15) is 17.8 Å². The van der Waals surface area contributed by atoms with Crippen molar-refractivity contribution in [2.24, 2.45) is 0 Å². The third kappa shape index (κ3) is 4.07. The Balaban J connectivity index is 1.89. The molecule has 1 heterocycles. The van der Waals surface area contributed by atoms with Gasteiger partial charge in [0, 0.05) is 5.69 Å². The molecule has 0 saturated heterocycles. The fourth-order valence-corrected chi connectivity index (χ4v) is 2.85. The Bertz CT molecular complexity index is 809. The second-order valence-electron chi connectivity index (χ2n) is 6.37. The number of nitrogens with one attached hydrogen (secondary N) is 1. The largest absolute Gasteiger partial charge is 0.437 e. The molecule has 1 aromatic heterocycles. The monoisotopic (exact) mass is 334 g/mol. The van der Waals surface area contributed by atoms with Gasteiger partial charge in [0.2, 0.25) is 5.88 Å². The molecule has 0 unspecified atom stereocenters. The quantitative estimate of drug-likeness (QED) is 0.715. The standard InChI is InChI=1S/C20H22N4O/c1-12-5-13(2)8-16(7-12)24-19-18(21)20(23-11-22-19)25-17-9-14(3)6-15(4)10-17/h5-11H,21H2,1-4H3,(H,22,23,24). The van der Waals surface area contributed by atoms with E-state index in [9.17, 15) is 0 Å². The zero-order valence-electron chi connectivity index (χ0n) is 14.9. The SMILES string of the molecule is Cc1cc(C)cc(Nc2ncnc(Oc3cc(C)cc(C)c3)c2N)c1. The second-order valence-corrected chi connectivity index (χ2v) is 6.37. The lowest BCUT2D eigenvalue weighted by molar-refractivity contribution is 0.464. The van der Waals surface area contributed by atoms with Crippen LogP contribution in [0.3, 0.4) is 0 Å². The predicted molar refractivity (Wildman–Crippen MR) is 102 cm³/mol. The smallest absolute Gasteiger partial charge is 0.248 e. The van der Waals surface area contributed by atoms with Crippen molar-refractivity contribution < 1.29 is 4.74 Å². The van der Waals surface area contributed by atoms with Gasteiger partial charge in [-0.1, -0.05) is 12.1 Å². The number of hydrogen-bond donors (Lipinski definition) is 2. The van der Waals surface area contributed by atoms with Crippen LogP contribution in [0.5, 0.6) is 11.6 Å². The van der Waals surface area contributed by atoms with E-state index in [4.69, 9.17) is 10.5 Å². The van der Waals surface area contributed by atoms with Crippen LogP contribution in [0.15, 0.2) is 42.7 Å². The lowest BCUT2D eigenvalue weighted by Crippen LogP contribution is -2.03. The van der Waals surface area contributed by atoms with Gasteiger partial charge in [-0.25, -0.2) is 4.98 Å². The average Bonchev–Trinajstić information content (AvgIpc) is 2.49. The molecular formula is C20H22N4O. The van der Waals surface area contributed by atoms with Crippen molar-refractivity contribution >= 4 is 17.2 Å². The van der Waals surface area contributed by atoms with Crippen molar-refractivity contribution in [2.45, 2.75) is 27.7 Å². The molecule has 3 N–H and O–H groups in total. The Kier molecular flexibility index (Phi) is 4.57. The number of aryl methyl sites for hydroxylation is 4. The van der Waals surface area contributed by atoms with E-state index in [-0.39, 0.29) is 0 Å². The Morgan fingerprint density at radius 1 is 0.800 bits per heavy atom. The molecule has 0 aliphatic heterocycles.